The predicted molar refractivity (Wildman–Crippen MR) is 114 cm³/mol. The largest absolute Gasteiger partial charge is 0.355 e. The Labute approximate surface area is 166 Å². The van der Waals surface area contributed by atoms with Crippen molar-refractivity contribution >= 4 is 54.8 Å². The molecule has 6 nitrogen and oxygen atoms in total. The lowest BCUT2D eigenvalue weighted by atomic mass is 10.1. The molecule has 2 heterocycles. The van der Waals surface area contributed by atoms with Crippen LogP contribution < -0.4 is 15.5 Å². The number of thiazole rings is 1. The molecular weight excluding hydrogens is 380 g/mol. The fraction of sp³-hybridized carbons (Fsp3) is 0.316. The van der Waals surface area contributed by atoms with E-state index in [4.69, 9.17) is 0 Å². The van der Waals surface area contributed by atoms with Crippen LogP contribution in [0.2, 0.25) is 0 Å². The van der Waals surface area contributed by atoms with Crippen LogP contribution in [0.25, 0.3) is 9.53 Å². The van der Waals surface area contributed by atoms with Crippen LogP contribution in [0.5, 0.6) is 0 Å². The van der Waals surface area contributed by atoms with Gasteiger partial charge in [-0.15, -0.1) is 11.3 Å². The molecule has 0 saturated carbocycles. The van der Waals surface area contributed by atoms with Crippen LogP contribution in [0.3, 0.4) is 0 Å². The third kappa shape index (κ3) is 3.81. The third-order valence-electron chi connectivity index (χ3n) is 4.39. The van der Waals surface area contributed by atoms with E-state index in [0.29, 0.717) is 16.1 Å². The van der Waals surface area contributed by atoms with Gasteiger partial charge >= 0.3 is 0 Å². The molecule has 2 aromatic heterocycles. The van der Waals surface area contributed by atoms with Crippen LogP contribution in [0.15, 0.2) is 24.3 Å². The predicted octanol–water partition coefficient (Wildman–Crippen LogP) is 4.12. The molecule has 1 aromatic carbocycles. The van der Waals surface area contributed by atoms with E-state index >= 15 is 0 Å². The highest BCUT2D eigenvalue weighted by molar-refractivity contribution is 7.29. The molecule has 0 radical (unpaired) electrons. The summed E-state index contributed by atoms with van der Waals surface area (Å²) in [6, 6.07) is 7.19. The molecule has 2 N–H and O–H groups in total. The lowest BCUT2D eigenvalue weighted by Crippen LogP contribution is -2.21. The number of hydrogen-bond donors (Lipinski definition) is 2. The van der Waals surface area contributed by atoms with Crippen molar-refractivity contribution in [2.45, 2.75) is 20.8 Å². The molecule has 0 fully saturated rings. The van der Waals surface area contributed by atoms with Crippen molar-refractivity contribution in [1.82, 2.24) is 10.3 Å². The number of thiophene rings is 1. The zero-order valence-electron chi connectivity index (χ0n) is 15.8. The van der Waals surface area contributed by atoms with Gasteiger partial charge in [0.25, 0.3) is 11.8 Å². The van der Waals surface area contributed by atoms with E-state index in [9.17, 15) is 9.59 Å². The van der Waals surface area contributed by atoms with Crippen LogP contribution in [0.1, 0.15) is 39.4 Å². The Balaban J connectivity index is 1.83. The van der Waals surface area contributed by atoms with Gasteiger partial charge in [0, 0.05) is 31.4 Å². The zero-order valence-corrected chi connectivity index (χ0v) is 17.4. The van der Waals surface area contributed by atoms with E-state index in [1.54, 1.807) is 36.6 Å². The normalized spacial score (nSPS) is 10.8. The molecule has 27 heavy (non-hydrogen) atoms. The standard InChI is InChI=1S/C19H22N4O2S2/c1-5-23(6-2)19-22-18-15(27-19)10-14(26-18)17(25)21-13-9-7-8-12(11(13)3)16(24)20-4/h7-10H,5-6H2,1-4H3,(H,20,24)(H,21,25). The number of anilines is 2. The minimum atomic E-state index is -0.188. The lowest BCUT2D eigenvalue weighted by molar-refractivity contribution is 0.0961. The van der Waals surface area contributed by atoms with Crippen LogP contribution in [0.4, 0.5) is 10.8 Å². The average molecular weight is 403 g/mol. The van der Waals surface area contributed by atoms with Crippen LogP contribution >= 0.6 is 22.7 Å². The Morgan fingerprint density at radius 2 is 1.89 bits per heavy atom. The van der Waals surface area contributed by atoms with Crippen molar-refractivity contribution in [2.75, 3.05) is 30.4 Å². The Morgan fingerprint density at radius 3 is 2.52 bits per heavy atom. The molecule has 3 aromatic rings. The van der Waals surface area contributed by atoms with Crippen molar-refractivity contribution in [3.05, 3.63) is 40.3 Å². The van der Waals surface area contributed by atoms with Gasteiger partial charge in [0.15, 0.2) is 5.13 Å². The molecule has 0 atom stereocenters. The van der Waals surface area contributed by atoms with Crippen molar-refractivity contribution in [3.63, 3.8) is 0 Å². The minimum absolute atomic E-state index is 0.173. The molecule has 0 spiro atoms. The second-order valence-electron chi connectivity index (χ2n) is 5.96. The highest BCUT2D eigenvalue weighted by atomic mass is 32.1. The Hall–Kier alpha value is -2.45. The van der Waals surface area contributed by atoms with E-state index in [1.807, 2.05) is 13.0 Å². The van der Waals surface area contributed by atoms with Gasteiger partial charge in [0.05, 0.1) is 9.58 Å². The highest BCUT2D eigenvalue weighted by Crippen LogP contribution is 2.35. The molecular formula is C19H22N4O2S2. The molecule has 0 aliphatic heterocycles. The number of fused-ring (bicyclic) bond motifs is 1. The summed E-state index contributed by atoms with van der Waals surface area (Å²) in [6.07, 6.45) is 0. The monoisotopic (exact) mass is 402 g/mol. The topological polar surface area (TPSA) is 74.3 Å². The summed E-state index contributed by atoms with van der Waals surface area (Å²) in [7, 11) is 1.59. The van der Waals surface area contributed by atoms with Gasteiger partial charge in [0.2, 0.25) is 0 Å². The number of nitrogens with one attached hydrogen (secondary N) is 2. The maximum atomic E-state index is 12.7. The zero-order chi connectivity index (χ0) is 19.6. The Bertz CT molecular complexity index is 957. The molecule has 0 bridgehead atoms. The first-order valence-electron chi connectivity index (χ1n) is 8.76. The van der Waals surface area contributed by atoms with Gasteiger partial charge in [-0.2, -0.15) is 0 Å². The van der Waals surface area contributed by atoms with E-state index in [2.05, 4.69) is 34.4 Å². The number of nitrogens with zero attached hydrogens (tertiary/aromatic N) is 2. The number of carbonyl (C=O) groups is 2. The van der Waals surface area contributed by atoms with Crippen LogP contribution in [-0.4, -0.2) is 36.9 Å². The van der Waals surface area contributed by atoms with Crippen molar-refractivity contribution in [3.8, 4) is 0 Å². The average Bonchev–Trinajstić information content (AvgIpc) is 3.23. The first-order chi connectivity index (χ1) is 13.0. The van der Waals surface area contributed by atoms with E-state index < -0.39 is 0 Å². The maximum Gasteiger partial charge on any atom is 0.265 e. The van der Waals surface area contributed by atoms with Gasteiger partial charge in [-0.25, -0.2) is 4.98 Å². The summed E-state index contributed by atoms with van der Waals surface area (Å²) in [5.41, 5.74) is 1.92. The van der Waals surface area contributed by atoms with E-state index in [0.717, 1.165) is 33.3 Å². The molecule has 0 aliphatic carbocycles. The first-order valence-corrected chi connectivity index (χ1v) is 10.4. The summed E-state index contributed by atoms with van der Waals surface area (Å²) >= 11 is 2.99. The Kier molecular flexibility index (Phi) is 5.76. The van der Waals surface area contributed by atoms with Gasteiger partial charge in [0.1, 0.15) is 4.83 Å². The summed E-state index contributed by atoms with van der Waals surface area (Å²) in [5.74, 6) is -0.361. The van der Waals surface area contributed by atoms with Crippen molar-refractivity contribution < 1.29 is 9.59 Å². The smallest absolute Gasteiger partial charge is 0.265 e. The summed E-state index contributed by atoms with van der Waals surface area (Å²) < 4.78 is 1.02. The van der Waals surface area contributed by atoms with Crippen LogP contribution in [0, 0.1) is 6.92 Å². The highest BCUT2D eigenvalue weighted by Gasteiger charge is 2.17. The second-order valence-corrected chi connectivity index (χ2v) is 8.00. The quantitative estimate of drug-likeness (QED) is 0.650. The number of hydrogen-bond acceptors (Lipinski definition) is 6. The molecule has 2 amide bonds. The van der Waals surface area contributed by atoms with Crippen molar-refractivity contribution in [1.29, 1.82) is 0 Å². The SMILES string of the molecule is CCN(CC)c1nc2sc(C(=O)Nc3cccc(C(=O)NC)c3C)cc2s1. The molecule has 0 saturated heterocycles. The first kappa shape index (κ1) is 19.3. The Morgan fingerprint density at radius 1 is 1.15 bits per heavy atom. The van der Waals surface area contributed by atoms with Gasteiger partial charge < -0.3 is 15.5 Å². The molecule has 0 aliphatic rings. The fourth-order valence-corrected chi connectivity index (χ4v) is 5.03. The second kappa shape index (κ2) is 8.06. The van der Waals surface area contributed by atoms with Gasteiger partial charge in [-0.05, 0) is 44.5 Å². The number of carbonyl (C=O) groups excluding carboxylic acids is 2. The number of amides is 2. The molecule has 0 unspecified atom stereocenters. The van der Waals surface area contributed by atoms with Gasteiger partial charge in [-0.1, -0.05) is 17.4 Å². The van der Waals surface area contributed by atoms with Crippen molar-refractivity contribution in [2.24, 2.45) is 0 Å². The number of benzene rings is 1. The summed E-state index contributed by atoms with van der Waals surface area (Å²) in [5, 5.41) is 6.51. The van der Waals surface area contributed by atoms with E-state index in [-0.39, 0.29) is 11.8 Å². The summed E-state index contributed by atoms with van der Waals surface area (Å²) in [4.78, 5) is 33.0. The molecule has 142 valence electrons. The van der Waals surface area contributed by atoms with Crippen LogP contribution in [-0.2, 0) is 0 Å². The molecule has 3 rings (SSSR count). The third-order valence-corrected chi connectivity index (χ3v) is 6.61. The number of rotatable bonds is 6. The maximum absolute atomic E-state index is 12.7. The van der Waals surface area contributed by atoms with Gasteiger partial charge in [-0.3, -0.25) is 9.59 Å². The lowest BCUT2D eigenvalue weighted by Gasteiger charge is -2.16. The van der Waals surface area contributed by atoms with E-state index in [1.165, 1.54) is 11.3 Å². The number of aromatic nitrogens is 1. The minimum Gasteiger partial charge on any atom is -0.355 e. The fourth-order valence-electron chi connectivity index (χ4n) is 2.80. The summed E-state index contributed by atoms with van der Waals surface area (Å²) in [6.45, 7) is 7.85. The molecule has 8 heteroatoms.